The number of rotatable bonds is 5. The van der Waals surface area contributed by atoms with Crippen LogP contribution < -0.4 is 4.90 Å². The molecule has 6 aromatic rings. The van der Waals surface area contributed by atoms with Gasteiger partial charge in [-0.3, -0.25) is 0 Å². The van der Waals surface area contributed by atoms with Gasteiger partial charge in [0.15, 0.2) is 0 Å². The average molecular weight is 583 g/mol. The predicted octanol–water partition coefficient (Wildman–Crippen LogP) is 9.64. The summed E-state index contributed by atoms with van der Waals surface area (Å²) >= 11 is 0. The van der Waals surface area contributed by atoms with Gasteiger partial charge in [-0.1, -0.05) is 54.6 Å². The minimum atomic E-state index is -0.205. The van der Waals surface area contributed by atoms with Gasteiger partial charge < -0.3 is 9.47 Å². The Balaban J connectivity index is 1.15. The molecule has 6 heteroatoms. The fourth-order valence-corrected chi connectivity index (χ4v) is 6.98. The van der Waals surface area contributed by atoms with E-state index in [9.17, 15) is 9.59 Å². The molecule has 0 fully saturated rings. The van der Waals surface area contributed by atoms with Crippen LogP contribution in [0.25, 0.3) is 38.6 Å². The van der Waals surface area contributed by atoms with Crippen LogP contribution in [0, 0.1) is 0 Å². The summed E-state index contributed by atoms with van der Waals surface area (Å²) in [6.45, 7) is 2.25. The average Bonchev–Trinajstić information content (AvgIpc) is 3.54. The number of fused-ring (bicyclic) bond motifs is 6. The number of aliphatic imine (C=N–C) groups is 2. The Bertz CT molecular complexity index is 2320. The first-order valence-electron chi connectivity index (χ1n) is 14.8. The fraction of sp³-hybridized carbons (Fsp3) is 0.0769. The van der Waals surface area contributed by atoms with Crippen molar-refractivity contribution in [2.24, 2.45) is 9.98 Å². The summed E-state index contributed by atoms with van der Waals surface area (Å²) in [5.74, 6) is 0. The number of nitrogens with zero attached hydrogens (tertiary/aromatic N) is 4. The van der Waals surface area contributed by atoms with Crippen LogP contribution in [0.3, 0.4) is 0 Å². The van der Waals surface area contributed by atoms with Crippen LogP contribution in [-0.2, 0) is 15.0 Å². The van der Waals surface area contributed by atoms with Gasteiger partial charge in [0.25, 0.3) is 0 Å². The van der Waals surface area contributed by atoms with Crippen LogP contribution in [0.2, 0.25) is 0 Å². The maximum absolute atomic E-state index is 10.9. The Labute approximate surface area is 259 Å². The van der Waals surface area contributed by atoms with Crippen molar-refractivity contribution in [1.82, 2.24) is 4.57 Å². The molecule has 0 spiro atoms. The van der Waals surface area contributed by atoms with Crippen molar-refractivity contribution in [1.29, 1.82) is 0 Å². The van der Waals surface area contributed by atoms with E-state index in [4.69, 9.17) is 0 Å². The molecule has 2 aliphatic rings. The van der Waals surface area contributed by atoms with Gasteiger partial charge in [-0.15, -0.1) is 0 Å². The standard InChI is InChI=1S/C39H26N4O2/c1-39-21-5-4-8-38(39)43(37-20-14-29(41-25-45)23-34(37)39)31-17-11-27(12-18-31)26-9-15-30(16-10-26)42-35-7-3-2-6-32(35)33-22-28(40-24-44)13-19-36(33)42/h2-20,22-23H,21H2,1H3. The molecule has 45 heavy (non-hydrogen) atoms. The second-order valence-electron chi connectivity index (χ2n) is 11.6. The molecule has 0 saturated heterocycles. The van der Waals surface area contributed by atoms with Crippen molar-refractivity contribution in [2.45, 2.75) is 18.8 Å². The highest BCUT2D eigenvalue weighted by atomic mass is 16.1. The molecule has 1 aromatic heterocycles. The van der Waals surface area contributed by atoms with Gasteiger partial charge in [0.2, 0.25) is 12.2 Å². The molecule has 0 saturated carbocycles. The molecule has 0 N–H and O–H groups in total. The van der Waals surface area contributed by atoms with Gasteiger partial charge in [-0.25, -0.2) is 9.59 Å². The van der Waals surface area contributed by atoms with E-state index in [2.05, 4.69) is 105 Å². The van der Waals surface area contributed by atoms with Crippen molar-refractivity contribution < 1.29 is 9.59 Å². The molecule has 5 aromatic carbocycles. The summed E-state index contributed by atoms with van der Waals surface area (Å²) in [6.07, 6.45) is 10.7. The first kappa shape index (κ1) is 26.6. The molecular weight excluding hydrogens is 556 g/mol. The molecule has 0 radical (unpaired) electrons. The molecular formula is C39H26N4O2. The van der Waals surface area contributed by atoms with Crippen molar-refractivity contribution in [3.8, 4) is 16.8 Å². The number of hydrogen-bond acceptors (Lipinski definition) is 5. The smallest absolute Gasteiger partial charge is 0.240 e. The maximum atomic E-state index is 10.9. The largest absolute Gasteiger partial charge is 0.313 e. The van der Waals surface area contributed by atoms with E-state index in [1.807, 2.05) is 48.5 Å². The van der Waals surface area contributed by atoms with E-state index in [1.165, 1.54) is 5.70 Å². The van der Waals surface area contributed by atoms with E-state index in [1.54, 1.807) is 12.2 Å². The van der Waals surface area contributed by atoms with Gasteiger partial charge in [-0.2, -0.15) is 9.98 Å². The van der Waals surface area contributed by atoms with Crippen molar-refractivity contribution in [3.63, 3.8) is 0 Å². The number of aromatic nitrogens is 1. The molecule has 6 nitrogen and oxygen atoms in total. The SMILES string of the molecule is CC12CC=CC=C1N(c1ccc(-c3ccc(-n4c5ccccc5c5cc(N=C=O)ccc54)cc3)cc1)c1ccc(N=C=O)cc12. The summed E-state index contributed by atoms with van der Waals surface area (Å²) in [4.78, 5) is 31.8. The third-order valence-corrected chi connectivity index (χ3v) is 9.13. The lowest BCUT2D eigenvalue weighted by molar-refractivity contribution is 0.564. The Kier molecular flexibility index (Phi) is 6.07. The first-order chi connectivity index (χ1) is 22.1. The lowest BCUT2D eigenvalue weighted by Crippen LogP contribution is -2.26. The van der Waals surface area contributed by atoms with Crippen LogP contribution in [0.15, 0.2) is 143 Å². The molecule has 1 aliphatic carbocycles. The second kappa shape index (κ2) is 10.3. The normalized spacial score (nSPS) is 16.6. The third-order valence-electron chi connectivity index (χ3n) is 9.13. The number of anilines is 2. The molecule has 2 heterocycles. The summed E-state index contributed by atoms with van der Waals surface area (Å²) in [5.41, 5.74) is 11.0. The molecule has 1 aliphatic heterocycles. The maximum Gasteiger partial charge on any atom is 0.240 e. The van der Waals surface area contributed by atoms with E-state index in [0.29, 0.717) is 11.4 Å². The number of carbonyl (C=O) groups excluding carboxylic acids is 2. The minimum absolute atomic E-state index is 0.205. The highest BCUT2D eigenvalue weighted by molar-refractivity contribution is 6.10. The van der Waals surface area contributed by atoms with Crippen molar-refractivity contribution >= 4 is 56.7 Å². The van der Waals surface area contributed by atoms with Crippen molar-refractivity contribution in [2.75, 3.05) is 4.90 Å². The van der Waals surface area contributed by atoms with Gasteiger partial charge in [0.05, 0.1) is 28.1 Å². The monoisotopic (exact) mass is 582 g/mol. The Morgan fingerprint density at radius 1 is 0.689 bits per heavy atom. The number of isocyanates is 2. The van der Waals surface area contributed by atoms with Crippen LogP contribution >= 0.6 is 0 Å². The summed E-state index contributed by atoms with van der Waals surface area (Å²) in [6, 6.07) is 37.3. The van der Waals surface area contributed by atoms with E-state index >= 15 is 0 Å². The number of allylic oxidation sites excluding steroid dienone is 4. The zero-order chi connectivity index (χ0) is 30.5. The quantitative estimate of drug-likeness (QED) is 0.150. The van der Waals surface area contributed by atoms with Gasteiger partial charge in [-0.05, 0) is 103 Å². The second-order valence-corrected chi connectivity index (χ2v) is 11.6. The number of hydrogen-bond donors (Lipinski definition) is 0. The lowest BCUT2D eigenvalue weighted by atomic mass is 9.76. The van der Waals surface area contributed by atoms with Gasteiger partial charge >= 0.3 is 0 Å². The Morgan fingerprint density at radius 3 is 2.07 bits per heavy atom. The van der Waals surface area contributed by atoms with E-state index in [0.717, 1.165) is 62.0 Å². The van der Waals surface area contributed by atoms with Crippen LogP contribution in [0.1, 0.15) is 18.9 Å². The summed E-state index contributed by atoms with van der Waals surface area (Å²) in [7, 11) is 0. The molecule has 214 valence electrons. The summed E-state index contributed by atoms with van der Waals surface area (Å²) < 4.78 is 2.24. The molecule has 0 bridgehead atoms. The van der Waals surface area contributed by atoms with Gasteiger partial charge in [0.1, 0.15) is 0 Å². The Hall–Kier alpha value is -6.06. The Morgan fingerprint density at radius 2 is 1.33 bits per heavy atom. The van der Waals surface area contributed by atoms with Crippen LogP contribution in [0.5, 0.6) is 0 Å². The fourth-order valence-electron chi connectivity index (χ4n) is 6.98. The number of benzene rings is 5. The van der Waals surface area contributed by atoms with Crippen molar-refractivity contribution in [3.05, 3.63) is 139 Å². The van der Waals surface area contributed by atoms with Crippen LogP contribution in [0.4, 0.5) is 22.7 Å². The highest BCUT2D eigenvalue weighted by Gasteiger charge is 2.44. The lowest BCUT2D eigenvalue weighted by Gasteiger charge is -2.31. The summed E-state index contributed by atoms with van der Waals surface area (Å²) in [5, 5.41) is 2.14. The molecule has 1 atom stereocenters. The zero-order valence-electron chi connectivity index (χ0n) is 24.4. The highest BCUT2D eigenvalue weighted by Crippen LogP contribution is 2.55. The number of para-hydroxylation sites is 1. The van der Waals surface area contributed by atoms with E-state index in [-0.39, 0.29) is 5.41 Å². The molecule has 0 amide bonds. The van der Waals surface area contributed by atoms with Gasteiger partial charge in [0, 0.05) is 33.3 Å². The zero-order valence-corrected chi connectivity index (χ0v) is 24.4. The van der Waals surface area contributed by atoms with E-state index < -0.39 is 0 Å². The first-order valence-corrected chi connectivity index (χ1v) is 14.8. The molecule has 1 unspecified atom stereocenters. The minimum Gasteiger partial charge on any atom is -0.313 e. The molecule has 8 rings (SSSR count). The topological polar surface area (TPSA) is 67.0 Å². The van der Waals surface area contributed by atoms with Crippen LogP contribution in [-0.4, -0.2) is 16.7 Å². The third kappa shape index (κ3) is 4.13. The predicted molar refractivity (Wildman–Crippen MR) is 180 cm³/mol.